The number of nitrogens with zero attached hydrogens (tertiary/aromatic N) is 1. The number of hydrogen-bond acceptors (Lipinski definition) is 10. The van der Waals surface area contributed by atoms with Crippen molar-refractivity contribution in [1.82, 2.24) is 4.31 Å². The van der Waals surface area contributed by atoms with E-state index in [-0.39, 0.29) is 44.7 Å². The fourth-order valence-corrected chi connectivity index (χ4v) is 6.24. The second-order valence-corrected chi connectivity index (χ2v) is 11.0. The van der Waals surface area contributed by atoms with Gasteiger partial charge in [-0.1, -0.05) is 6.07 Å². The van der Waals surface area contributed by atoms with Crippen LogP contribution < -0.4 is 11.1 Å². The average Bonchev–Trinajstić information content (AvgIpc) is 3.52. The van der Waals surface area contributed by atoms with Crippen molar-refractivity contribution in [2.45, 2.75) is 24.7 Å². The number of sulfonamides is 1. The maximum absolute atomic E-state index is 12.8. The van der Waals surface area contributed by atoms with Crippen LogP contribution >= 0.6 is 11.3 Å². The fourth-order valence-electron chi connectivity index (χ4n) is 3.61. The number of nitrogens with one attached hydrogen (secondary N) is 1. The van der Waals surface area contributed by atoms with Crippen LogP contribution in [0, 0.1) is 6.92 Å². The molecule has 2 heterocycles. The third kappa shape index (κ3) is 6.71. The van der Waals surface area contributed by atoms with Gasteiger partial charge in [-0.15, -0.1) is 11.3 Å². The second-order valence-electron chi connectivity index (χ2n) is 8.02. The molecule has 12 nitrogen and oxygen atoms in total. The summed E-state index contributed by atoms with van der Waals surface area (Å²) in [6.07, 6.45) is 1.54. The quantitative estimate of drug-likeness (QED) is 0.309. The van der Waals surface area contributed by atoms with E-state index in [1.165, 1.54) is 42.6 Å². The second kappa shape index (κ2) is 12.3. The van der Waals surface area contributed by atoms with Gasteiger partial charge in [-0.2, -0.15) is 4.31 Å². The van der Waals surface area contributed by atoms with Gasteiger partial charge in [-0.25, -0.2) is 18.0 Å². The first-order valence-corrected chi connectivity index (χ1v) is 13.5. The molecule has 2 amide bonds. The lowest BCUT2D eigenvalue weighted by molar-refractivity contribution is -0.119. The molecule has 0 atom stereocenters. The van der Waals surface area contributed by atoms with Gasteiger partial charge in [0, 0.05) is 20.2 Å². The van der Waals surface area contributed by atoms with Crippen LogP contribution in [0.4, 0.5) is 5.00 Å². The van der Waals surface area contributed by atoms with E-state index in [1.54, 1.807) is 0 Å². The van der Waals surface area contributed by atoms with E-state index >= 15 is 0 Å². The van der Waals surface area contributed by atoms with Gasteiger partial charge in [0.25, 0.3) is 11.8 Å². The van der Waals surface area contributed by atoms with Gasteiger partial charge in [0.1, 0.15) is 11.6 Å². The molecule has 37 heavy (non-hydrogen) atoms. The highest BCUT2D eigenvalue weighted by molar-refractivity contribution is 7.89. The summed E-state index contributed by atoms with van der Waals surface area (Å²) >= 11 is 0.787. The number of rotatable bonds is 11. The van der Waals surface area contributed by atoms with Crippen LogP contribution in [-0.4, -0.2) is 76.5 Å². The van der Waals surface area contributed by atoms with Gasteiger partial charge in [-0.05, 0) is 43.5 Å². The molecule has 1 fully saturated rings. The Kier molecular flexibility index (Phi) is 9.37. The molecule has 0 saturated carbocycles. The summed E-state index contributed by atoms with van der Waals surface area (Å²) in [5.74, 6) is -3.28. The molecule has 0 aliphatic carbocycles. The molecule has 1 saturated heterocycles. The molecule has 2 aromatic rings. The highest BCUT2D eigenvalue weighted by Gasteiger charge is 2.28. The van der Waals surface area contributed by atoms with Crippen LogP contribution in [-0.2, 0) is 29.0 Å². The van der Waals surface area contributed by atoms with E-state index in [2.05, 4.69) is 5.32 Å². The Bertz CT molecular complexity index is 1300. The Morgan fingerprint density at radius 3 is 2.43 bits per heavy atom. The van der Waals surface area contributed by atoms with Crippen LogP contribution in [0.5, 0.6) is 0 Å². The SMILES string of the molecule is COCCOC(=O)c1c(NC(=O)COC(=O)c2cccc(S(=O)(=O)N3CCCC3)c2)sc(C(N)=O)c1C. The number of thiophene rings is 1. The summed E-state index contributed by atoms with van der Waals surface area (Å²) < 4.78 is 41.8. The van der Waals surface area contributed by atoms with Crippen LogP contribution in [0.25, 0.3) is 0 Å². The number of carbonyl (C=O) groups is 4. The molecule has 1 aromatic carbocycles. The summed E-state index contributed by atoms with van der Waals surface area (Å²) in [4.78, 5) is 49.3. The molecular weight excluding hydrogens is 526 g/mol. The Morgan fingerprint density at radius 2 is 1.78 bits per heavy atom. The standard InChI is InChI=1S/C23H27N3O9S2/c1-14-18(23(30)34-11-10-33-2)21(36-19(14)20(24)28)25-17(27)13-35-22(29)15-6-5-7-16(12-15)37(31,32)26-8-3-4-9-26/h5-7,12H,3-4,8-11,13H2,1-2H3,(H2,24,28)(H,25,27). The number of ether oxygens (including phenoxy) is 3. The molecule has 1 aliphatic heterocycles. The molecule has 3 rings (SSSR count). The molecule has 14 heteroatoms. The van der Waals surface area contributed by atoms with E-state index in [9.17, 15) is 27.6 Å². The summed E-state index contributed by atoms with van der Waals surface area (Å²) in [7, 11) is -2.30. The minimum Gasteiger partial charge on any atom is -0.460 e. The number of benzene rings is 1. The zero-order chi connectivity index (χ0) is 27.2. The van der Waals surface area contributed by atoms with Crippen LogP contribution in [0.15, 0.2) is 29.2 Å². The number of carbonyl (C=O) groups excluding carboxylic acids is 4. The van der Waals surface area contributed by atoms with Crippen molar-refractivity contribution in [2.24, 2.45) is 5.73 Å². The first-order chi connectivity index (χ1) is 17.6. The van der Waals surface area contributed by atoms with Gasteiger partial charge >= 0.3 is 11.9 Å². The summed E-state index contributed by atoms with van der Waals surface area (Å²) in [5.41, 5.74) is 5.52. The molecular formula is C23H27N3O9S2. The van der Waals surface area contributed by atoms with Gasteiger partial charge in [0.05, 0.1) is 27.5 Å². The fraction of sp³-hybridized carbons (Fsp3) is 0.391. The maximum atomic E-state index is 12.8. The summed E-state index contributed by atoms with van der Waals surface area (Å²) in [6, 6.07) is 5.38. The molecule has 0 bridgehead atoms. The predicted octanol–water partition coefficient (Wildman–Crippen LogP) is 1.54. The van der Waals surface area contributed by atoms with Crippen LogP contribution in [0.1, 0.15) is 48.8 Å². The largest absolute Gasteiger partial charge is 0.460 e. The van der Waals surface area contributed by atoms with E-state index in [1.807, 2.05) is 0 Å². The third-order valence-electron chi connectivity index (χ3n) is 5.46. The van der Waals surface area contributed by atoms with Crippen molar-refractivity contribution in [3.63, 3.8) is 0 Å². The van der Waals surface area contributed by atoms with E-state index in [0.717, 1.165) is 24.2 Å². The predicted molar refractivity (Wildman–Crippen MR) is 133 cm³/mol. The van der Waals surface area contributed by atoms with Gasteiger partial charge in [-0.3, -0.25) is 9.59 Å². The number of nitrogens with two attached hydrogens (primary N) is 1. The van der Waals surface area contributed by atoms with E-state index in [4.69, 9.17) is 19.9 Å². The zero-order valence-corrected chi connectivity index (χ0v) is 21.9. The number of amides is 2. The molecule has 1 aliphatic rings. The smallest absolute Gasteiger partial charge is 0.341 e. The third-order valence-corrected chi connectivity index (χ3v) is 8.57. The van der Waals surface area contributed by atoms with Crippen molar-refractivity contribution in [3.8, 4) is 0 Å². The van der Waals surface area contributed by atoms with Gasteiger partial charge in [0.2, 0.25) is 10.0 Å². The Balaban J connectivity index is 1.68. The lowest BCUT2D eigenvalue weighted by Crippen LogP contribution is -2.28. The highest BCUT2D eigenvalue weighted by atomic mass is 32.2. The van der Waals surface area contributed by atoms with Crippen molar-refractivity contribution in [2.75, 3.05) is 45.3 Å². The molecule has 0 unspecified atom stereocenters. The van der Waals surface area contributed by atoms with Crippen molar-refractivity contribution >= 4 is 50.1 Å². The van der Waals surface area contributed by atoms with Crippen molar-refractivity contribution in [3.05, 3.63) is 45.8 Å². The molecule has 200 valence electrons. The first-order valence-electron chi connectivity index (χ1n) is 11.2. The van der Waals surface area contributed by atoms with E-state index < -0.39 is 40.4 Å². The van der Waals surface area contributed by atoms with Crippen molar-refractivity contribution < 1.29 is 41.8 Å². The molecule has 1 aromatic heterocycles. The van der Waals surface area contributed by atoms with E-state index in [0.29, 0.717) is 13.1 Å². The average molecular weight is 554 g/mol. The van der Waals surface area contributed by atoms with Crippen LogP contribution in [0.3, 0.4) is 0 Å². The topological polar surface area (TPSA) is 171 Å². The Hall–Kier alpha value is -3.33. The minimum atomic E-state index is -3.74. The molecule has 0 spiro atoms. The number of primary amides is 1. The lowest BCUT2D eigenvalue weighted by atomic mass is 10.1. The maximum Gasteiger partial charge on any atom is 0.341 e. The molecule has 0 radical (unpaired) electrons. The zero-order valence-electron chi connectivity index (χ0n) is 20.3. The Labute approximate surface area is 217 Å². The van der Waals surface area contributed by atoms with Gasteiger partial charge in [0.15, 0.2) is 6.61 Å². The number of esters is 2. The molecule has 3 N–H and O–H groups in total. The monoisotopic (exact) mass is 553 g/mol. The Morgan fingerprint density at radius 1 is 1.08 bits per heavy atom. The number of anilines is 1. The van der Waals surface area contributed by atoms with Crippen molar-refractivity contribution in [1.29, 1.82) is 0 Å². The van der Waals surface area contributed by atoms with Crippen LogP contribution in [0.2, 0.25) is 0 Å². The summed E-state index contributed by atoms with van der Waals surface area (Å²) in [5, 5.41) is 2.45. The number of hydrogen-bond donors (Lipinski definition) is 2. The first kappa shape index (κ1) is 28.2. The number of methoxy groups -OCH3 is 1. The van der Waals surface area contributed by atoms with Gasteiger partial charge < -0.3 is 25.3 Å². The summed E-state index contributed by atoms with van der Waals surface area (Å²) in [6.45, 7) is 1.69. The normalized spacial score (nSPS) is 13.8. The lowest BCUT2D eigenvalue weighted by Gasteiger charge is -2.15. The highest BCUT2D eigenvalue weighted by Crippen LogP contribution is 2.33. The minimum absolute atomic E-state index is 0.00784.